The molecule has 1 aliphatic rings. The molecule has 34 heavy (non-hydrogen) atoms. The van der Waals surface area contributed by atoms with E-state index in [2.05, 4.69) is 10.3 Å². The minimum atomic E-state index is -0.936. The number of rotatable bonds is 11. The number of hydrogen-bond donors (Lipinski definition) is 1. The minimum Gasteiger partial charge on any atom is -0.465 e. The summed E-state index contributed by atoms with van der Waals surface area (Å²) in [4.78, 5) is 52.6. The van der Waals surface area contributed by atoms with Crippen molar-refractivity contribution < 1.29 is 28.8 Å². The maximum atomic E-state index is 13.1. The number of carbonyl (C=O) groups excluding carboxylic acids is 3. The van der Waals surface area contributed by atoms with Gasteiger partial charge in [0.25, 0.3) is 5.69 Å². The molecule has 2 atom stereocenters. The number of hydrogen-bond acceptors (Lipinski definition) is 9. The van der Waals surface area contributed by atoms with Crippen LogP contribution in [0.25, 0.3) is 0 Å². The molecule has 2 rings (SSSR count). The maximum Gasteiger partial charge on any atom is 0.336 e. The van der Waals surface area contributed by atoms with Crippen molar-refractivity contribution in [3.8, 4) is 0 Å². The molecule has 0 bridgehead atoms. The third-order valence-electron chi connectivity index (χ3n) is 5.05. The van der Waals surface area contributed by atoms with Crippen LogP contribution in [0, 0.1) is 16.0 Å². The number of non-ortho nitro benzene ring substituents is 1. The summed E-state index contributed by atoms with van der Waals surface area (Å²) >= 11 is 1.46. The highest BCUT2D eigenvalue weighted by atomic mass is 32.2. The molecule has 0 spiro atoms. The summed E-state index contributed by atoms with van der Waals surface area (Å²) in [6, 6.07) is 5.86. The average molecular weight is 492 g/mol. The van der Waals surface area contributed by atoms with E-state index in [9.17, 15) is 24.5 Å². The maximum absolute atomic E-state index is 13.1. The van der Waals surface area contributed by atoms with E-state index in [0.29, 0.717) is 35.0 Å². The lowest BCUT2D eigenvalue weighted by Gasteiger charge is -2.32. The number of esters is 2. The molecule has 1 aromatic carbocycles. The van der Waals surface area contributed by atoms with Crippen LogP contribution in [0.3, 0.4) is 0 Å². The van der Waals surface area contributed by atoms with Crippen molar-refractivity contribution in [2.75, 3.05) is 31.3 Å². The van der Waals surface area contributed by atoms with Crippen molar-refractivity contribution >= 4 is 41.0 Å². The number of aliphatic imine (C=N–C) groups is 1. The summed E-state index contributed by atoms with van der Waals surface area (Å²) in [5.74, 6) is -2.23. The Bertz CT molecular complexity index is 1010. The fraction of sp³-hybridized carbons (Fsp3) is 0.478. The quantitative estimate of drug-likeness (QED) is 0.216. The standard InChI is InChI=1S/C23H29N3O7S/c1-5-32-22(28)19-14(3)25-18(13-34-11-10-24-15(4)27)21(23(29)33-6-2)20(19)16-8-7-9-17(12-16)26(30)31/h7-9,12,19-20H,5-6,10-11,13H2,1-4H3,(H,24,27). The topological polar surface area (TPSA) is 137 Å². The van der Waals surface area contributed by atoms with E-state index in [1.54, 1.807) is 26.8 Å². The summed E-state index contributed by atoms with van der Waals surface area (Å²) in [6.07, 6.45) is 0. The van der Waals surface area contributed by atoms with Gasteiger partial charge in [0.1, 0.15) is 5.92 Å². The number of amides is 1. The molecule has 10 nitrogen and oxygen atoms in total. The van der Waals surface area contributed by atoms with Crippen LogP contribution in [0.15, 0.2) is 40.5 Å². The fourth-order valence-corrected chi connectivity index (χ4v) is 4.50. The monoisotopic (exact) mass is 491 g/mol. The molecule has 0 aliphatic carbocycles. The summed E-state index contributed by atoms with van der Waals surface area (Å²) in [6.45, 7) is 7.15. The second kappa shape index (κ2) is 12.9. The van der Waals surface area contributed by atoms with Crippen molar-refractivity contribution in [1.29, 1.82) is 0 Å². The van der Waals surface area contributed by atoms with Gasteiger partial charge in [-0.05, 0) is 26.3 Å². The van der Waals surface area contributed by atoms with E-state index in [0.717, 1.165) is 0 Å². The number of nitrogens with zero attached hydrogens (tertiary/aromatic N) is 2. The molecule has 1 N–H and O–H groups in total. The number of nitrogens with one attached hydrogen (secondary N) is 1. The summed E-state index contributed by atoms with van der Waals surface area (Å²) in [7, 11) is 0. The molecule has 1 heterocycles. The van der Waals surface area contributed by atoms with E-state index in [4.69, 9.17) is 9.47 Å². The van der Waals surface area contributed by atoms with E-state index < -0.39 is 28.7 Å². The van der Waals surface area contributed by atoms with Gasteiger partial charge >= 0.3 is 11.9 Å². The lowest BCUT2D eigenvalue weighted by Crippen LogP contribution is -2.37. The first-order valence-electron chi connectivity index (χ1n) is 10.9. The number of nitro benzene ring substituents is 1. The van der Waals surface area contributed by atoms with Gasteiger partial charge in [0, 0.05) is 48.7 Å². The van der Waals surface area contributed by atoms with Crippen LogP contribution in [-0.4, -0.2) is 59.7 Å². The van der Waals surface area contributed by atoms with Crippen molar-refractivity contribution in [2.45, 2.75) is 33.6 Å². The van der Waals surface area contributed by atoms with Crippen molar-refractivity contribution in [3.05, 3.63) is 51.2 Å². The lowest BCUT2D eigenvalue weighted by molar-refractivity contribution is -0.384. The van der Waals surface area contributed by atoms with Gasteiger partial charge in [-0.15, -0.1) is 0 Å². The van der Waals surface area contributed by atoms with Crippen LogP contribution < -0.4 is 5.32 Å². The largest absolute Gasteiger partial charge is 0.465 e. The van der Waals surface area contributed by atoms with Crippen molar-refractivity contribution in [2.24, 2.45) is 10.9 Å². The first kappa shape index (κ1) is 27.0. The number of carbonyl (C=O) groups is 3. The molecule has 0 saturated carbocycles. The zero-order valence-electron chi connectivity index (χ0n) is 19.7. The highest BCUT2D eigenvalue weighted by molar-refractivity contribution is 7.99. The molecule has 0 saturated heterocycles. The minimum absolute atomic E-state index is 0.111. The summed E-state index contributed by atoms with van der Waals surface area (Å²) in [5.41, 5.74) is 1.32. The SMILES string of the molecule is CCOC(=O)C1=C(CSCCNC(C)=O)N=C(C)C(C(=O)OCC)C1c1cccc([N+](=O)[O-])c1. The second-order valence-electron chi connectivity index (χ2n) is 7.43. The normalized spacial score (nSPS) is 17.6. The molecule has 0 radical (unpaired) electrons. The van der Waals surface area contributed by atoms with E-state index in [-0.39, 0.29) is 30.4 Å². The molecule has 1 amide bonds. The lowest BCUT2D eigenvalue weighted by atomic mass is 9.75. The van der Waals surface area contributed by atoms with Crippen LogP contribution in [0.1, 0.15) is 39.2 Å². The van der Waals surface area contributed by atoms with Crippen LogP contribution in [-0.2, 0) is 23.9 Å². The van der Waals surface area contributed by atoms with Crippen molar-refractivity contribution in [3.63, 3.8) is 0 Å². The zero-order valence-corrected chi connectivity index (χ0v) is 20.5. The van der Waals surface area contributed by atoms with Crippen LogP contribution >= 0.6 is 11.8 Å². The molecular formula is C23H29N3O7S. The highest BCUT2D eigenvalue weighted by Crippen LogP contribution is 2.41. The van der Waals surface area contributed by atoms with Crippen molar-refractivity contribution in [1.82, 2.24) is 5.32 Å². The van der Waals surface area contributed by atoms with Gasteiger partial charge < -0.3 is 14.8 Å². The molecule has 184 valence electrons. The van der Waals surface area contributed by atoms with Gasteiger partial charge in [-0.3, -0.25) is 24.7 Å². The van der Waals surface area contributed by atoms with Crippen LogP contribution in [0.5, 0.6) is 0 Å². The highest BCUT2D eigenvalue weighted by Gasteiger charge is 2.43. The Labute approximate surface area is 202 Å². The Morgan fingerprint density at radius 3 is 2.53 bits per heavy atom. The Kier molecular flexibility index (Phi) is 10.2. The van der Waals surface area contributed by atoms with Gasteiger partial charge in [-0.1, -0.05) is 12.1 Å². The first-order chi connectivity index (χ1) is 16.2. The molecule has 2 unspecified atom stereocenters. The molecule has 0 fully saturated rings. The summed E-state index contributed by atoms with van der Waals surface area (Å²) < 4.78 is 10.6. The molecule has 1 aliphatic heterocycles. The Morgan fingerprint density at radius 1 is 1.21 bits per heavy atom. The number of ether oxygens (including phenoxy) is 2. The Morgan fingerprint density at radius 2 is 1.91 bits per heavy atom. The zero-order chi connectivity index (χ0) is 25.3. The van der Waals surface area contributed by atoms with Gasteiger partial charge in [-0.2, -0.15) is 11.8 Å². The van der Waals surface area contributed by atoms with Gasteiger partial charge in [0.2, 0.25) is 5.91 Å². The number of nitro groups is 1. The van der Waals surface area contributed by atoms with Gasteiger partial charge in [-0.25, -0.2) is 4.79 Å². The predicted molar refractivity (Wildman–Crippen MR) is 129 cm³/mol. The molecule has 11 heteroatoms. The summed E-state index contributed by atoms with van der Waals surface area (Å²) in [5, 5.41) is 14.1. The van der Waals surface area contributed by atoms with Crippen LogP contribution in [0.2, 0.25) is 0 Å². The smallest absolute Gasteiger partial charge is 0.336 e. The number of benzene rings is 1. The first-order valence-corrected chi connectivity index (χ1v) is 12.0. The van der Waals surface area contributed by atoms with E-state index in [1.165, 1.54) is 36.9 Å². The van der Waals surface area contributed by atoms with E-state index in [1.807, 2.05) is 0 Å². The average Bonchev–Trinajstić information content (AvgIpc) is 2.78. The molecule has 0 aromatic heterocycles. The number of thioether (sulfide) groups is 1. The van der Waals surface area contributed by atoms with Gasteiger partial charge in [0.05, 0.1) is 29.4 Å². The third-order valence-corrected chi connectivity index (χ3v) is 6.02. The molecular weight excluding hydrogens is 462 g/mol. The third kappa shape index (κ3) is 6.89. The van der Waals surface area contributed by atoms with Crippen LogP contribution in [0.4, 0.5) is 5.69 Å². The Hall–Kier alpha value is -3.21. The van der Waals surface area contributed by atoms with Gasteiger partial charge in [0.15, 0.2) is 0 Å². The second-order valence-corrected chi connectivity index (χ2v) is 8.53. The predicted octanol–water partition coefficient (Wildman–Crippen LogP) is 3.02. The van der Waals surface area contributed by atoms with E-state index >= 15 is 0 Å². The Balaban J connectivity index is 2.58. The fourth-order valence-electron chi connectivity index (χ4n) is 3.69. The molecule has 1 aromatic rings.